The summed E-state index contributed by atoms with van der Waals surface area (Å²) in [5, 5.41) is 0. The van der Waals surface area contributed by atoms with E-state index >= 15 is 0 Å². The summed E-state index contributed by atoms with van der Waals surface area (Å²) in [5.74, 6) is 1.01. The molecule has 1 fully saturated rings. The second kappa shape index (κ2) is 4.94. The summed E-state index contributed by atoms with van der Waals surface area (Å²) in [4.78, 5) is 12.7. The maximum atomic E-state index is 4.61. The number of imidazole rings is 1. The summed E-state index contributed by atoms with van der Waals surface area (Å²) in [6.07, 6.45) is 0. The lowest BCUT2D eigenvalue weighted by molar-refractivity contribution is 0.311. The van der Waals surface area contributed by atoms with Gasteiger partial charge in [0.1, 0.15) is 0 Å². The van der Waals surface area contributed by atoms with Gasteiger partial charge in [-0.1, -0.05) is 12.1 Å². The number of para-hydroxylation sites is 2. The topological polar surface area (TPSA) is 35.2 Å². The van der Waals surface area contributed by atoms with Crippen molar-refractivity contribution in [2.75, 3.05) is 38.1 Å². The van der Waals surface area contributed by atoms with Crippen LogP contribution < -0.4 is 4.90 Å². The number of benzene rings is 1. The summed E-state index contributed by atoms with van der Waals surface area (Å²) in [7, 11) is 2.16. The van der Waals surface area contributed by atoms with Crippen LogP contribution in [0.5, 0.6) is 0 Å². The summed E-state index contributed by atoms with van der Waals surface area (Å²) in [5.41, 5.74) is 2.17. The third-order valence-corrected chi connectivity index (χ3v) is 3.18. The minimum atomic E-state index is 0. The maximum absolute atomic E-state index is 4.61. The molecule has 2 heterocycles. The van der Waals surface area contributed by atoms with Crippen LogP contribution >= 0.6 is 12.4 Å². The van der Waals surface area contributed by atoms with E-state index in [9.17, 15) is 0 Å². The third kappa shape index (κ3) is 2.37. The molecule has 1 aliphatic heterocycles. The van der Waals surface area contributed by atoms with E-state index in [1.165, 1.54) is 0 Å². The first kappa shape index (κ1) is 12.2. The molecule has 0 aliphatic carbocycles. The molecule has 0 saturated carbocycles. The van der Waals surface area contributed by atoms with Gasteiger partial charge in [0.05, 0.1) is 11.0 Å². The molecule has 1 aromatic heterocycles. The molecule has 0 spiro atoms. The predicted molar refractivity (Wildman–Crippen MR) is 73.1 cm³/mol. The van der Waals surface area contributed by atoms with E-state index in [4.69, 9.17) is 0 Å². The number of aromatic nitrogens is 2. The number of piperazine rings is 1. The van der Waals surface area contributed by atoms with Crippen molar-refractivity contribution < 1.29 is 0 Å². The Hall–Kier alpha value is -1.26. The van der Waals surface area contributed by atoms with Gasteiger partial charge in [0.25, 0.3) is 0 Å². The van der Waals surface area contributed by atoms with Gasteiger partial charge in [-0.3, -0.25) is 0 Å². The number of nitrogens with one attached hydrogen (secondary N) is 1. The normalized spacial score (nSPS) is 17.1. The molecule has 92 valence electrons. The number of nitrogens with zero attached hydrogens (tertiary/aromatic N) is 3. The molecule has 0 bridgehead atoms. The fourth-order valence-electron chi connectivity index (χ4n) is 2.11. The number of hydrogen-bond acceptors (Lipinski definition) is 3. The standard InChI is InChI=1S/C12H16N4.ClH/c1-15-6-8-16(9-7-15)12-13-10-4-2-3-5-11(10)14-12;/h2-5H,6-9H2,1H3,(H,13,14);1H. The van der Waals surface area contributed by atoms with Crippen LogP contribution in [-0.2, 0) is 0 Å². The number of hydrogen-bond donors (Lipinski definition) is 1. The molecule has 0 unspecified atom stereocenters. The van der Waals surface area contributed by atoms with Crippen LogP contribution in [0.2, 0.25) is 0 Å². The van der Waals surface area contributed by atoms with Gasteiger partial charge in [0.2, 0.25) is 5.95 Å². The van der Waals surface area contributed by atoms with Crippen LogP contribution in [0.1, 0.15) is 0 Å². The number of aromatic amines is 1. The summed E-state index contributed by atoms with van der Waals surface area (Å²) in [6, 6.07) is 8.18. The van der Waals surface area contributed by atoms with Crippen LogP contribution in [0.15, 0.2) is 24.3 Å². The first-order chi connectivity index (χ1) is 7.83. The molecular formula is C12H17ClN4. The van der Waals surface area contributed by atoms with Crippen LogP contribution in [0, 0.1) is 0 Å². The first-order valence-corrected chi connectivity index (χ1v) is 5.71. The molecule has 1 aromatic carbocycles. The highest BCUT2D eigenvalue weighted by atomic mass is 35.5. The Bertz CT molecular complexity index is 455. The van der Waals surface area contributed by atoms with Gasteiger partial charge in [-0.25, -0.2) is 4.98 Å². The van der Waals surface area contributed by atoms with Gasteiger partial charge in [-0.2, -0.15) is 0 Å². The molecule has 4 nitrogen and oxygen atoms in total. The van der Waals surface area contributed by atoms with E-state index in [0.717, 1.165) is 43.2 Å². The van der Waals surface area contributed by atoms with Crippen molar-refractivity contribution >= 4 is 29.4 Å². The van der Waals surface area contributed by atoms with E-state index in [1.54, 1.807) is 0 Å². The number of anilines is 1. The summed E-state index contributed by atoms with van der Waals surface area (Å²) >= 11 is 0. The first-order valence-electron chi connectivity index (χ1n) is 5.71. The van der Waals surface area contributed by atoms with Crippen molar-refractivity contribution in [2.45, 2.75) is 0 Å². The van der Waals surface area contributed by atoms with Crippen molar-refractivity contribution in [3.8, 4) is 0 Å². The maximum Gasteiger partial charge on any atom is 0.203 e. The zero-order valence-electron chi connectivity index (χ0n) is 9.89. The van der Waals surface area contributed by atoms with Crippen LogP contribution in [0.4, 0.5) is 5.95 Å². The zero-order chi connectivity index (χ0) is 11.0. The van der Waals surface area contributed by atoms with Crippen molar-refractivity contribution in [1.82, 2.24) is 14.9 Å². The highest BCUT2D eigenvalue weighted by molar-refractivity contribution is 5.85. The Balaban J connectivity index is 0.00000108. The number of halogens is 1. The zero-order valence-corrected chi connectivity index (χ0v) is 10.7. The minimum Gasteiger partial charge on any atom is -0.340 e. The molecular weight excluding hydrogens is 236 g/mol. The van der Waals surface area contributed by atoms with Gasteiger partial charge < -0.3 is 14.8 Å². The second-order valence-corrected chi connectivity index (χ2v) is 4.37. The third-order valence-electron chi connectivity index (χ3n) is 3.18. The second-order valence-electron chi connectivity index (χ2n) is 4.37. The molecule has 1 N–H and O–H groups in total. The van der Waals surface area contributed by atoms with E-state index in [-0.39, 0.29) is 12.4 Å². The predicted octanol–water partition coefficient (Wildman–Crippen LogP) is 1.74. The molecule has 5 heteroatoms. The highest BCUT2D eigenvalue weighted by Crippen LogP contribution is 2.17. The Morgan fingerprint density at radius 2 is 1.82 bits per heavy atom. The van der Waals surface area contributed by atoms with Crippen LogP contribution in [0.25, 0.3) is 11.0 Å². The van der Waals surface area contributed by atoms with Crippen molar-refractivity contribution in [3.63, 3.8) is 0 Å². The van der Waals surface area contributed by atoms with E-state index in [1.807, 2.05) is 18.2 Å². The van der Waals surface area contributed by atoms with Crippen molar-refractivity contribution in [2.24, 2.45) is 0 Å². The van der Waals surface area contributed by atoms with Gasteiger partial charge >= 0.3 is 0 Å². The van der Waals surface area contributed by atoms with Crippen molar-refractivity contribution in [1.29, 1.82) is 0 Å². The quantitative estimate of drug-likeness (QED) is 0.840. The van der Waals surface area contributed by atoms with Crippen LogP contribution in [-0.4, -0.2) is 48.1 Å². The lowest BCUT2D eigenvalue weighted by Gasteiger charge is -2.32. The lowest BCUT2D eigenvalue weighted by Crippen LogP contribution is -2.44. The van der Waals surface area contributed by atoms with Gasteiger partial charge in [0, 0.05) is 26.2 Å². The van der Waals surface area contributed by atoms with Gasteiger partial charge in [-0.05, 0) is 19.2 Å². The average molecular weight is 253 g/mol. The number of fused-ring (bicyclic) bond motifs is 1. The molecule has 1 saturated heterocycles. The Morgan fingerprint density at radius 1 is 1.12 bits per heavy atom. The largest absolute Gasteiger partial charge is 0.340 e. The van der Waals surface area contributed by atoms with E-state index in [0.29, 0.717) is 0 Å². The number of H-pyrrole nitrogens is 1. The number of rotatable bonds is 1. The lowest BCUT2D eigenvalue weighted by atomic mass is 10.3. The smallest absolute Gasteiger partial charge is 0.203 e. The molecule has 1 aliphatic rings. The Morgan fingerprint density at radius 3 is 2.53 bits per heavy atom. The molecule has 2 aromatic rings. The monoisotopic (exact) mass is 252 g/mol. The summed E-state index contributed by atoms with van der Waals surface area (Å²) < 4.78 is 0. The molecule has 0 atom stereocenters. The fourth-order valence-corrected chi connectivity index (χ4v) is 2.11. The molecule has 0 amide bonds. The molecule has 3 rings (SSSR count). The number of likely N-dealkylation sites (N-methyl/N-ethyl adjacent to an activating group) is 1. The van der Waals surface area contributed by atoms with Gasteiger partial charge in [0.15, 0.2) is 0 Å². The van der Waals surface area contributed by atoms with E-state index in [2.05, 4.69) is 32.9 Å². The molecule has 17 heavy (non-hydrogen) atoms. The highest BCUT2D eigenvalue weighted by Gasteiger charge is 2.16. The Labute approximate surface area is 107 Å². The van der Waals surface area contributed by atoms with Gasteiger partial charge in [-0.15, -0.1) is 12.4 Å². The fraction of sp³-hybridized carbons (Fsp3) is 0.417. The van der Waals surface area contributed by atoms with E-state index < -0.39 is 0 Å². The van der Waals surface area contributed by atoms with Crippen molar-refractivity contribution in [3.05, 3.63) is 24.3 Å². The van der Waals surface area contributed by atoms with Crippen LogP contribution in [0.3, 0.4) is 0 Å². The summed E-state index contributed by atoms with van der Waals surface area (Å²) in [6.45, 7) is 4.32. The SMILES string of the molecule is CN1CCN(c2nc3ccccc3[nH]2)CC1.Cl. The molecule has 0 radical (unpaired) electrons. The minimum absolute atomic E-state index is 0. The average Bonchev–Trinajstić information content (AvgIpc) is 2.73. The Kier molecular flexibility index (Phi) is 3.54.